The number of carbonyl (C=O) groups excluding carboxylic acids is 9. The Morgan fingerprint density at radius 1 is 0.491 bits per heavy atom. The maximum Gasteiger partial charge on any atom is 0.367 e. The van der Waals surface area contributed by atoms with Gasteiger partial charge in [-0.1, -0.05) is 6.92 Å². The van der Waals surface area contributed by atoms with E-state index in [9.17, 15) is 43.2 Å². The molecule has 0 spiro atoms. The standard InChI is InChI=1S/C39H56O15S3/c1-5-39(24-49-30(43)12-21-55-33(46)52-36(2)15-6-27(40)7-16-36,25-50-31(44)13-22-56-34(47)53-37(3)17-8-28(41)9-18-37)26-51-32(45)14-23-57-35(48)54-38(4)19-10-29(42)11-20-38/h5-26H2,1-4H3. The molecule has 3 aliphatic rings. The van der Waals surface area contributed by atoms with Crippen LogP contribution in [0.3, 0.4) is 0 Å². The largest absolute Gasteiger partial charge is 0.465 e. The van der Waals surface area contributed by atoms with E-state index in [0.29, 0.717) is 77.0 Å². The maximum absolute atomic E-state index is 12.8. The summed E-state index contributed by atoms with van der Waals surface area (Å²) < 4.78 is 33.3. The lowest BCUT2D eigenvalue weighted by atomic mass is 9.86. The Hall–Kier alpha value is -3.12. The van der Waals surface area contributed by atoms with Gasteiger partial charge in [-0.25, -0.2) is 14.4 Å². The summed E-state index contributed by atoms with van der Waals surface area (Å²) in [5, 5.41) is -1.67. The highest BCUT2D eigenvalue weighted by molar-refractivity contribution is 8.13. The van der Waals surface area contributed by atoms with Crippen LogP contribution in [-0.2, 0) is 57.2 Å². The van der Waals surface area contributed by atoms with E-state index < -0.39 is 56.0 Å². The molecule has 18 heteroatoms. The second-order valence-electron chi connectivity index (χ2n) is 15.7. The van der Waals surface area contributed by atoms with E-state index in [0.717, 1.165) is 35.3 Å². The molecule has 0 bridgehead atoms. The van der Waals surface area contributed by atoms with Crippen LogP contribution in [0.2, 0.25) is 0 Å². The highest BCUT2D eigenvalue weighted by Crippen LogP contribution is 2.34. The predicted octanol–water partition coefficient (Wildman–Crippen LogP) is 7.50. The van der Waals surface area contributed by atoms with E-state index in [1.807, 2.05) is 0 Å². The molecule has 3 saturated carbocycles. The van der Waals surface area contributed by atoms with Crippen LogP contribution in [0, 0.1) is 5.41 Å². The van der Waals surface area contributed by atoms with Crippen molar-refractivity contribution in [3.63, 3.8) is 0 Å². The second kappa shape index (κ2) is 22.9. The van der Waals surface area contributed by atoms with Crippen LogP contribution in [0.25, 0.3) is 0 Å². The zero-order valence-corrected chi connectivity index (χ0v) is 35.9. The average molecular weight is 861 g/mol. The summed E-state index contributed by atoms with van der Waals surface area (Å²) in [6.45, 7) is 6.24. The van der Waals surface area contributed by atoms with Crippen LogP contribution < -0.4 is 0 Å². The summed E-state index contributed by atoms with van der Waals surface area (Å²) in [4.78, 5) is 110. The molecular weight excluding hydrogens is 805 g/mol. The molecule has 0 N–H and O–H groups in total. The van der Waals surface area contributed by atoms with Crippen LogP contribution in [-0.4, -0.2) is 105 Å². The van der Waals surface area contributed by atoms with Gasteiger partial charge in [0.25, 0.3) is 0 Å². The van der Waals surface area contributed by atoms with Crippen LogP contribution >= 0.6 is 35.3 Å². The molecule has 0 aromatic carbocycles. The molecule has 0 saturated heterocycles. The maximum atomic E-state index is 12.8. The van der Waals surface area contributed by atoms with E-state index in [2.05, 4.69) is 0 Å². The Morgan fingerprint density at radius 2 is 0.737 bits per heavy atom. The molecule has 0 aromatic rings. The van der Waals surface area contributed by atoms with E-state index in [1.54, 1.807) is 27.7 Å². The number of hydrogen-bond donors (Lipinski definition) is 0. The summed E-state index contributed by atoms with van der Waals surface area (Å²) >= 11 is 2.46. The lowest BCUT2D eigenvalue weighted by molar-refractivity contribution is -0.162. The van der Waals surface area contributed by atoms with Crippen molar-refractivity contribution in [3.05, 3.63) is 0 Å². The number of rotatable bonds is 19. The van der Waals surface area contributed by atoms with E-state index in [-0.39, 0.29) is 80.1 Å². The van der Waals surface area contributed by atoms with Gasteiger partial charge in [-0.3, -0.25) is 28.8 Å². The van der Waals surface area contributed by atoms with E-state index in [1.165, 1.54) is 0 Å². The van der Waals surface area contributed by atoms with Gasteiger partial charge in [0.2, 0.25) is 0 Å². The molecule has 3 aliphatic carbocycles. The van der Waals surface area contributed by atoms with Crippen molar-refractivity contribution in [2.75, 3.05) is 37.1 Å². The smallest absolute Gasteiger partial charge is 0.367 e. The van der Waals surface area contributed by atoms with Crippen LogP contribution in [0.4, 0.5) is 14.4 Å². The summed E-state index contributed by atoms with van der Waals surface area (Å²) in [7, 11) is 0. The van der Waals surface area contributed by atoms with Gasteiger partial charge in [0.1, 0.15) is 54.0 Å². The molecule has 0 amide bonds. The molecule has 0 aromatic heterocycles. The Kier molecular flexibility index (Phi) is 19.4. The van der Waals surface area contributed by atoms with Crippen molar-refractivity contribution in [1.29, 1.82) is 0 Å². The molecule has 3 fully saturated rings. The second-order valence-corrected chi connectivity index (χ2v) is 18.7. The summed E-state index contributed by atoms with van der Waals surface area (Å²) in [6, 6.07) is 0. The van der Waals surface area contributed by atoms with Crippen LogP contribution in [0.15, 0.2) is 0 Å². The highest BCUT2D eigenvalue weighted by Gasteiger charge is 2.37. The molecule has 0 radical (unpaired) electrons. The Balaban J connectivity index is 1.48. The Labute approximate surface area is 346 Å². The fourth-order valence-corrected chi connectivity index (χ4v) is 8.26. The van der Waals surface area contributed by atoms with Gasteiger partial charge < -0.3 is 28.4 Å². The third-order valence-corrected chi connectivity index (χ3v) is 12.7. The van der Waals surface area contributed by atoms with Crippen LogP contribution in [0.5, 0.6) is 0 Å². The number of thioether (sulfide) groups is 3. The molecule has 3 rings (SSSR count). The van der Waals surface area contributed by atoms with E-state index in [4.69, 9.17) is 28.4 Å². The number of ether oxygens (including phenoxy) is 6. The minimum Gasteiger partial charge on any atom is -0.465 e. The normalized spacial score (nSPS) is 18.8. The van der Waals surface area contributed by atoms with Crippen molar-refractivity contribution < 1.29 is 71.6 Å². The first-order valence-electron chi connectivity index (χ1n) is 19.4. The van der Waals surface area contributed by atoms with Gasteiger partial charge in [-0.2, -0.15) is 0 Å². The van der Waals surface area contributed by atoms with Gasteiger partial charge >= 0.3 is 33.8 Å². The molecule has 0 heterocycles. The monoisotopic (exact) mass is 860 g/mol. The first kappa shape index (κ1) is 48.3. The lowest BCUT2D eigenvalue weighted by Gasteiger charge is -2.32. The summed E-state index contributed by atoms with van der Waals surface area (Å²) in [6.07, 6.45) is 4.58. The third kappa shape index (κ3) is 18.1. The molecule has 0 atom stereocenters. The quantitative estimate of drug-likeness (QED) is 0.0909. The van der Waals surface area contributed by atoms with Crippen molar-refractivity contribution in [2.45, 2.75) is 147 Å². The van der Waals surface area contributed by atoms with Gasteiger partial charge in [-0.15, -0.1) is 0 Å². The molecule has 0 aliphatic heterocycles. The van der Waals surface area contributed by atoms with Gasteiger partial charge in [0, 0.05) is 55.8 Å². The highest BCUT2D eigenvalue weighted by atomic mass is 32.2. The Bertz CT molecular complexity index is 1300. The molecule has 320 valence electrons. The number of carbonyl (C=O) groups is 9. The van der Waals surface area contributed by atoms with Crippen LogP contribution in [0.1, 0.15) is 130 Å². The summed E-state index contributed by atoms with van der Waals surface area (Å²) in [5.41, 5.74) is -3.34. The van der Waals surface area contributed by atoms with E-state index >= 15 is 0 Å². The topological polar surface area (TPSA) is 209 Å². The minimum atomic E-state index is -1.14. The van der Waals surface area contributed by atoms with Crippen molar-refractivity contribution in [2.24, 2.45) is 5.41 Å². The third-order valence-electron chi connectivity index (χ3n) is 10.5. The zero-order chi connectivity index (χ0) is 42.1. The van der Waals surface area contributed by atoms with Crippen molar-refractivity contribution >= 4 is 86.4 Å². The Morgan fingerprint density at radius 3 is 0.965 bits per heavy atom. The number of hydrogen-bond acceptors (Lipinski definition) is 18. The fourth-order valence-electron chi connectivity index (χ4n) is 6.17. The summed E-state index contributed by atoms with van der Waals surface area (Å²) in [5.74, 6) is -1.30. The van der Waals surface area contributed by atoms with Gasteiger partial charge in [0.15, 0.2) is 0 Å². The lowest BCUT2D eigenvalue weighted by Crippen LogP contribution is -2.39. The SMILES string of the molecule is CCC(COC(=O)CCSC(=O)OC1(C)CCC(=O)CC1)(COC(=O)CCSC(=O)OC1(C)CCC(=O)CC1)COC(=O)CCSC(=O)OC1(C)CCC(=O)CC1. The first-order valence-corrected chi connectivity index (χ1v) is 22.4. The molecule has 0 unspecified atom stereocenters. The predicted molar refractivity (Wildman–Crippen MR) is 212 cm³/mol. The zero-order valence-electron chi connectivity index (χ0n) is 33.4. The minimum absolute atomic E-state index is 0.0739. The van der Waals surface area contributed by atoms with Crippen molar-refractivity contribution in [1.82, 2.24) is 0 Å². The molecule has 57 heavy (non-hydrogen) atoms. The van der Waals surface area contributed by atoms with Gasteiger partial charge in [0.05, 0.1) is 24.7 Å². The number of Topliss-reactive ketones (excluding diaryl/α,β-unsaturated/α-hetero) is 3. The van der Waals surface area contributed by atoms with Crippen molar-refractivity contribution in [3.8, 4) is 0 Å². The number of ketones is 3. The fraction of sp³-hybridized carbons (Fsp3) is 0.769. The number of esters is 3. The van der Waals surface area contributed by atoms with Gasteiger partial charge in [-0.05, 0) is 101 Å². The molecular formula is C39H56O15S3. The first-order chi connectivity index (χ1) is 26.8. The molecule has 15 nitrogen and oxygen atoms in total. The average Bonchev–Trinajstić information content (AvgIpc) is 3.15.